The topological polar surface area (TPSA) is 383 Å². The number of amides is 9. The number of aliphatic hydroxyl groups is 1. The summed E-state index contributed by atoms with van der Waals surface area (Å²) in [4.78, 5) is 161. The highest BCUT2D eigenvalue weighted by Gasteiger charge is 2.64. The molecule has 4 saturated heterocycles. The normalized spacial score (nSPS) is 17.8. The summed E-state index contributed by atoms with van der Waals surface area (Å²) < 4.78 is 141. The number of thiazole rings is 1. The van der Waals surface area contributed by atoms with Crippen LogP contribution in [0.3, 0.4) is 0 Å². The van der Waals surface area contributed by atoms with Crippen LogP contribution in [0.15, 0.2) is 170 Å². The Morgan fingerprint density at radius 2 is 0.893 bits per heavy atom. The molecule has 19 rings (SSSR count). The summed E-state index contributed by atoms with van der Waals surface area (Å²) in [6, 6.07) is 31.6. The predicted molar refractivity (Wildman–Crippen MR) is 530 cm³/mol. The number of aryl methyl sites for hydroxylation is 1. The van der Waals surface area contributed by atoms with Gasteiger partial charge in [0, 0.05) is 115 Å². The Morgan fingerprint density at radius 1 is 0.480 bits per heavy atom. The number of hydrogen-bond donors (Lipinski definition) is 1. The van der Waals surface area contributed by atoms with E-state index in [1.54, 1.807) is 137 Å². The molecule has 10 aromatic heterocycles. The summed E-state index contributed by atoms with van der Waals surface area (Å²) in [5, 5.41) is 38.7. The lowest BCUT2D eigenvalue weighted by molar-refractivity contribution is -0.297. The van der Waals surface area contributed by atoms with Gasteiger partial charge < -0.3 is 34.5 Å². The minimum absolute atomic E-state index is 0.00279. The molecule has 4 aromatic carbocycles. The van der Waals surface area contributed by atoms with Gasteiger partial charge in [0.05, 0.1) is 64.7 Å². The van der Waals surface area contributed by atoms with E-state index in [4.69, 9.17) is 5.26 Å². The van der Waals surface area contributed by atoms with Gasteiger partial charge in [-0.25, -0.2) is 70.5 Å². The number of alkyl halides is 6. The van der Waals surface area contributed by atoms with Crippen molar-refractivity contribution >= 4 is 92.9 Å². The van der Waals surface area contributed by atoms with Crippen LogP contribution in [0, 0.1) is 47.4 Å². The molecule has 1 saturated carbocycles. The van der Waals surface area contributed by atoms with Crippen LogP contribution in [0.2, 0.25) is 0 Å². The Bertz CT molecular complexity index is 7690. The second kappa shape index (κ2) is 40.0. The molecule has 5 fully saturated rings. The number of nitriles is 1. The quantitative estimate of drug-likeness (QED) is 0.0636. The number of carbonyl (C=O) groups excluding carboxylic acids is 9. The highest BCUT2D eigenvalue weighted by atomic mass is 32.1. The lowest BCUT2D eigenvalue weighted by Gasteiger charge is -2.50. The molecule has 0 unspecified atom stereocenters. The number of halogens is 10. The molecule has 45 heteroatoms. The van der Waals surface area contributed by atoms with Crippen molar-refractivity contribution in [3.8, 4) is 51.1 Å². The highest BCUT2D eigenvalue weighted by molar-refractivity contribution is 7.08. The largest absolute Gasteiger partial charge is 0.420 e. The number of fused-ring (bicyclic) bond motifs is 4. The van der Waals surface area contributed by atoms with Crippen molar-refractivity contribution in [1.29, 1.82) is 5.26 Å². The van der Waals surface area contributed by atoms with E-state index in [1.165, 1.54) is 94.6 Å². The summed E-state index contributed by atoms with van der Waals surface area (Å²) in [5.41, 5.74) is 1.20. The van der Waals surface area contributed by atoms with Crippen LogP contribution in [-0.2, 0) is 36.2 Å². The van der Waals surface area contributed by atoms with Gasteiger partial charge >= 0.3 is 12.4 Å². The van der Waals surface area contributed by atoms with Crippen molar-refractivity contribution in [3.05, 3.63) is 249 Å². The molecule has 5 aliphatic rings. The molecular formula is C105H106F10N24O10S. The van der Waals surface area contributed by atoms with Gasteiger partial charge in [-0.3, -0.25) is 53.0 Å². The van der Waals surface area contributed by atoms with Crippen molar-refractivity contribution in [2.75, 3.05) is 70.3 Å². The average molecular weight is 2090 g/mol. The van der Waals surface area contributed by atoms with Gasteiger partial charge in [0.15, 0.2) is 28.2 Å². The summed E-state index contributed by atoms with van der Waals surface area (Å²) in [6.07, 6.45) is -2.63. The molecule has 14 heterocycles. The first kappa shape index (κ1) is 107. The van der Waals surface area contributed by atoms with Crippen molar-refractivity contribution in [3.63, 3.8) is 0 Å². The molecule has 0 atom stereocenters. The SMILES string of the molecule is CC(C)(C)c1cc(-c2ccc(F)cc2)nn2cc(C(=O)N3CCN(CC#N)C(=O)C3(C)C)nc12.CC(C)(C)c1cc(-c2ccc(F)cc2)nn2cc(C(=O)N3CCN(c4cscn4)C(=O)C3(C)C)nc12.CC1(C)C(=O)N(C(=O)c2ccncn2)CCN1C(=O)c1cn2nc(-c3ccc(F)cc3)cc(C(F)(F)F)c2n1.Cc1cc(-c2cc(C(C)C)c3nc(C(=O)N4CCN(C(=O)C5CC(O)(C(F)(F)F)C5)CC4(C)C)cn3n2)ccc1F. The summed E-state index contributed by atoms with van der Waals surface area (Å²) >= 11 is 1.42. The molecule has 0 radical (unpaired) electrons. The fourth-order valence-electron chi connectivity index (χ4n) is 18.8. The highest BCUT2D eigenvalue weighted by Crippen LogP contribution is 2.50. The third kappa shape index (κ3) is 21.0. The van der Waals surface area contributed by atoms with Crippen LogP contribution in [0.1, 0.15) is 210 Å². The van der Waals surface area contributed by atoms with Gasteiger partial charge in [0.1, 0.15) is 92.6 Å². The molecule has 0 spiro atoms. The Balaban J connectivity index is 0.000000143. The Morgan fingerprint density at radius 3 is 1.31 bits per heavy atom. The number of imidazole rings is 4. The van der Waals surface area contributed by atoms with E-state index in [2.05, 4.69) is 76.1 Å². The maximum absolute atomic E-state index is 13.9. The Labute approximate surface area is 857 Å². The zero-order chi connectivity index (χ0) is 109. The average Bonchev–Trinajstić information content (AvgIpc) is 0.866. The van der Waals surface area contributed by atoms with Gasteiger partial charge in [-0.15, -0.1) is 11.3 Å². The van der Waals surface area contributed by atoms with E-state index in [9.17, 15) is 92.2 Å². The number of carbonyl (C=O) groups is 9. The first-order valence-electron chi connectivity index (χ1n) is 47.9. The number of hydrogen-bond acceptors (Lipinski definition) is 23. The number of piperazine rings is 4. The molecule has 4 aliphatic heterocycles. The molecule has 1 N–H and O–H groups in total. The van der Waals surface area contributed by atoms with E-state index in [-0.39, 0.29) is 149 Å². The maximum atomic E-state index is 13.9. The van der Waals surface area contributed by atoms with Crippen LogP contribution < -0.4 is 4.90 Å². The van der Waals surface area contributed by atoms with E-state index in [1.807, 2.05) is 64.3 Å². The van der Waals surface area contributed by atoms with Crippen LogP contribution in [0.4, 0.5) is 49.7 Å². The number of anilines is 1. The fraction of sp³-hybridized carbons (Fsp3) is 0.381. The second-order valence-electron chi connectivity index (χ2n) is 41.8. The van der Waals surface area contributed by atoms with Crippen LogP contribution in [0.25, 0.3) is 67.6 Å². The summed E-state index contributed by atoms with van der Waals surface area (Å²) in [7, 11) is 0. The van der Waals surface area contributed by atoms with Gasteiger partial charge in [-0.1, -0.05) is 55.4 Å². The zero-order valence-corrected chi connectivity index (χ0v) is 85.7. The molecule has 9 amide bonds. The molecule has 14 aromatic rings. The lowest BCUT2D eigenvalue weighted by Crippen LogP contribution is -2.65. The molecule has 782 valence electrons. The monoisotopic (exact) mass is 2080 g/mol. The summed E-state index contributed by atoms with van der Waals surface area (Å²) in [5.74, 6) is -5.91. The van der Waals surface area contributed by atoms with Gasteiger partial charge in [-0.2, -0.15) is 52.0 Å². The molecule has 34 nitrogen and oxygen atoms in total. The van der Waals surface area contributed by atoms with Gasteiger partial charge in [0.2, 0.25) is 11.8 Å². The standard InChI is InChI=1S/C29H33F4N5O3.C26H27FN6O2S.C25H19F4N7O3.C25H27FN6O2/c1-16(2)20-11-22(18-6-7-21(30)17(3)10-18)35-38-14-23(34-24(20)38)26(40)37-9-8-36(15-27(37,4)5)25(39)19-12-28(41,13-19)29(31,32)33;1-25(2,3)18-12-19(16-6-8-17(27)9-7-16)30-33-13-20(29-22(18)33)23(34)32-11-10-31(21-14-36-15-28-21)24(35)26(32,4)5;1-24(2)23(39)34(21(37)17-7-8-30-13-31-17)9-10-35(24)22(38)19-12-36-20(32-19)16(25(27,28)29)11-18(33-36)14-3-5-15(26)6-4-14;1-24(2,3)18-14-19(16-6-8-17(26)9-7-16)29-32-15-20(28-21(18)32)22(33)31-13-12-30(11-10-27)23(34)25(31,4)5/h6-7,10-11,14,16,19,41H,8-9,12-13,15H2,1-5H3;6-9,12-15H,10-11H2,1-5H3;3-8,11-13H,9-10H2,1-2H3;6-9,14-15H,11-13H2,1-5H3. The number of imide groups is 1. The number of rotatable bonds is 13. The molecule has 150 heavy (non-hydrogen) atoms. The third-order valence-corrected chi connectivity index (χ3v) is 27.9. The van der Waals surface area contributed by atoms with E-state index < -0.39 is 99.5 Å². The fourth-order valence-corrected chi connectivity index (χ4v) is 19.3. The molecule has 1 aliphatic carbocycles. The first-order chi connectivity index (χ1) is 70.3. The van der Waals surface area contributed by atoms with Gasteiger partial charge in [-0.05, 0) is 219 Å². The van der Waals surface area contributed by atoms with Crippen molar-refractivity contribution in [1.82, 2.24) is 108 Å². The van der Waals surface area contributed by atoms with E-state index >= 15 is 0 Å². The molecular weight excluding hydrogens is 1980 g/mol. The smallest absolute Gasteiger partial charge is 0.380 e. The van der Waals surface area contributed by atoms with Crippen molar-refractivity contribution < 1.29 is 92.2 Å². The minimum Gasteiger partial charge on any atom is -0.380 e. The minimum atomic E-state index is -4.84. The third-order valence-electron chi connectivity index (χ3n) is 27.3. The summed E-state index contributed by atoms with van der Waals surface area (Å²) in [6.45, 7) is 32.8. The number of nitrogens with zero attached hydrogens (tertiary/aromatic N) is 24. The zero-order valence-electron chi connectivity index (χ0n) is 84.8. The molecule has 0 bridgehead atoms. The van der Waals surface area contributed by atoms with Crippen LogP contribution in [0.5, 0.6) is 0 Å². The van der Waals surface area contributed by atoms with Crippen molar-refractivity contribution in [2.45, 2.75) is 187 Å². The Hall–Kier alpha value is -15.8. The number of aromatic nitrogens is 15. The van der Waals surface area contributed by atoms with Crippen LogP contribution in [-0.4, -0.2) is 265 Å². The lowest BCUT2D eigenvalue weighted by atomic mass is 9.69. The predicted octanol–water partition coefficient (Wildman–Crippen LogP) is 16.0. The van der Waals surface area contributed by atoms with Crippen molar-refractivity contribution in [2.24, 2.45) is 5.92 Å². The Kier molecular flexibility index (Phi) is 28.6. The van der Waals surface area contributed by atoms with E-state index in [0.717, 1.165) is 78.4 Å². The number of benzene rings is 4. The maximum Gasteiger partial charge on any atom is 0.420 e. The van der Waals surface area contributed by atoms with Crippen LogP contribution >= 0.6 is 11.3 Å². The second-order valence-corrected chi connectivity index (χ2v) is 42.5. The first-order valence-corrected chi connectivity index (χ1v) is 48.8. The van der Waals surface area contributed by atoms with E-state index in [0.29, 0.717) is 65.0 Å². The van der Waals surface area contributed by atoms with Gasteiger partial charge in [0.25, 0.3) is 41.4 Å².